The molecule has 0 unspecified atom stereocenters. The lowest BCUT2D eigenvalue weighted by Crippen LogP contribution is -2.33. The normalized spacial score (nSPS) is 11.2. The third-order valence-electron chi connectivity index (χ3n) is 3.18. The van der Waals surface area contributed by atoms with Crippen molar-refractivity contribution < 1.29 is 18.3 Å². The fraction of sp³-hybridized carbons (Fsp3) is 0.188. The summed E-state index contributed by atoms with van der Waals surface area (Å²) in [5.41, 5.74) is 0.794. The summed E-state index contributed by atoms with van der Waals surface area (Å²) in [7, 11) is -3.85. The highest BCUT2D eigenvalue weighted by Crippen LogP contribution is 2.23. The summed E-state index contributed by atoms with van der Waals surface area (Å²) in [5.74, 6) is -0.203. The summed E-state index contributed by atoms with van der Waals surface area (Å²) in [6.45, 7) is 1.02. The van der Waals surface area contributed by atoms with Crippen molar-refractivity contribution in [1.82, 2.24) is 0 Å². The number of hydrogen-bond donors (Lipinski definition) is 1. The fourth-order valence-corrected chi connectivity index (χ4v) is 3.58. The molecule has 6 heteroatoms. The molecule has 0 aliphatic heterocycles. The van der Waals surface area contributed by atoms with Crippen LogP contribution in [0.2, 0.25) is 0 Å². The number of benzene rings is 2. The van der Waals surface area contributed by atoms with Crippen LogP contribution in [0.3, 0.4) is 0 Å². The SMILES string of the molecule is CC(=O)c1cccc(S(=O)(=O)N(CCO)c2ccccc2)c1. The predicted octanol–water partition coefficient (Wildman–Crippen LogP) is 2.08. The summed E-state index contributed by atoms with van der Waals surface area (Å²) in [6.07, 6.45) is 0. The molecule has 0 atom stereocenters. The van der Waals surface area contributed by atoms with Gasteiger partial charge in [-0.05, 0) is 31.2 Å². The first kappa shape index (κ1) is 16.2. The van der Waals surface area contributed by atoms with Crippen molar-refractivity contribution in [3.05, 3.63) is 60.2 Å². The van der Waals surface area contributed by atoms with Gasteiger partial charge in [0.05, 0.1) is 23.7 Å². The lowest BCUT2D eigenvalue weighted by atomic mass is 10.2. The van der Waals surface area contributed by atoms with Crippen LogP contribution in [-0.2, 0) is 10.0 Å². The van der Waals surface area contributed by atoms with Gasteiger partial charge in [0.1, 0.15) is 0 Å². The van der Waals surface area contributed by atoms with Crippen molar-refractivity contribution in [2.75, 3.05) is 17.5 Å². The Morgan fingerprint density at radius 3 is 2.36 bits per heavy atom. The lowest BCUT2D eigenvalue weighted by molar-refractivity contribution is 0.101. The molecule has 0 spiro atoms. The second-order valence-electron chi connectivity index (χ2n) is 4.72. The number of nitrogens with zero attached hydrogens (tertiary/aromatic N) is 1. The highest BCUT2D eigenvalue weighted by Gasteiger charge is 2.24. The van der Waals surface area contributed by atoms with Crippen LogP contribution >= 0.6 is 0 Å². The molecule has 0 aliphatic rings. The summed E-state index contributed by atoms with van der Waals surface area (Å²) in [6, 6.07) is 14.4. The van der Waals surface area contributed by atoms with Gasteiger partial charge in [-0.25, -0.2) is 8.42 Å². The van der Waals surface area contributed by atoms with E-state index >= 15 is 0 Å². The first-order valence-electron chi connectivity index (χ1n) is 6.76. The van der Waals surface area contributed by atoms with E-state index in [0.717, 1.165) is 4.31 Å². The van der Waals surface area contributed by atoms with Crippen LogP contribution in [-0.4, -0.2) is 32.5 Å². The summed E-state index contributed by atoms with van der Waals surface area (Å²) < 4.78 is 26.7. The van der Waals surface area contributed by atoms with Crippen LogP contribution in [0.1, 0.15) is 17.3 Å². The Kier molecular flexibility index (Phi) is 4.95. The molecule has 0 saturated carbocycles. The van der Waals surface area contributed by atoms with Crippen LogP contribution in [0, 0.1) is 0 Å². The molecule has 0 saturated heterocycles. The summed E-state index contributed by atoms with van der Waals surface area (Å²) in [4.78, 5) is 11.5. The molecule has 0 aliphatic carbocycles. The number of ketones is 1. The average molecular weight is 319 g/mol. The Morgan fingerprint density at radius 2 is 1.77 bits per heavy atom. The van der Waals surface area contributed by atoms with Crippen molar-refractivity contribution in [2.45, 2.75) is 11.8 Å². The Morgan fingerprint density at radius 1 is 1.09 bits per heavy atom. The van der Waals surface area contributed by atoms with Crippen LogP contribution in [0.25, 0.3) is 0 Å². The zero-order valence-corrected chi connectivity index (χ0v) is 13.0. The summed E-state index contributed by atoms with van der Waals surface area (Å²) in [5, 5.41) is 9.19. The molecule has 5 nitrogen and oxygen atoms in total. The van der Waals surface area contributed by atoms with Crippen molar-refractivity contribution in [2.24, 2.45) is 0 Å². The molecule has 2 aromatic rings. The number of para-hydroxylation sites is 1. The minimum atomic E-state index is -3.85. The number of rotatable bonds is 6. The average Bonchev–Trinajstić information content (AvgIpc) is 2.53. The third kappa shape index (κ3) is 3.35. The number of carbonyl (C=O) groups is 1. The van der Waals surface area contributed by atoms with E-state index in [0.29, 0.717) is 11.3 Å². The van der Waals surface area contributed by atoms with Crippen LogP contribution < -0.4 is 4.31 Å². The maximum atomic E-state index is 12.8. The van der Waals surface area contributed by atoms with Gasteiger partial charge in [0.15, 0.2) is 5.78 Å². The van der Waals surface area contributed by atoms with Crippen LogP contribution in [0.15, 0.2) is 59.5 Å². The summed E-state index contributed by atoms with van der Waals surface area (Å²) >= 11 is 0. The second-order valence-corrected chi connectivity index (χ2v) is 6.58. The van der Waals surface area contributed by atoms with Gasteiger partial charge in [-0.2, -0.15) is 0 Å². The zero-order chi connectivity index (χ0) is 16.2. The predicted molar refractivity (Wildman–Crippen MR) is 84.5 cm³/mol. The number of hydrogen-bond acceptors (Lipinski definition) is 4. The fourth-order valence-electron chi connectivity index (χ4n) is 2.08. The highest BCUT2D eigenvalue weighted by atomic mass is 32.2. The van der Waals surface area contributed by atoms with E-state index in [2.05, 4.69) is 0 Å². The van der Waals surface area contributed by atoms with E-state index in [4.69, 9.17) is 0 Å². The van der Waals surface area contributed by atoms with Crippen molar-refractivity contribution in [3.63, 3.8) is 0 Å². The van der Waals surface area contributed by atoms with E-state index in [1.54, 1.807) is 36.4 Å². The maximum absolute atomic E-state index is 12.8. The molecule has 0 aromatic heterocycles. The molecule has 0 heterocycles. The zero-order valence-electron chi connectivity index (χ0n) is 12.1. The Balaban J connectivity index is 2.50. The van der Waals surface area contributed by atoms with Crippen molar-refractivity contribution >= 4 is 21.5 Å². The lowest BCUT2D eigenvalue weighted by Gasteiger charge is -2.23. The maximum Gasteiger partial charge on any atom is 0.264 e. The molecule has 116 valence electrons. The molecule has 0 bridgehead atoms. The van der Waals surface area contributed by atoms with Gasteiger partial charge in [0.2, 0.25) is 0 Å². The van der Waals surface area contributed by atoms with Gasteiger partial charge < -0.3 is 5.11 Å². The molecule has 22 heavy (non-hydrogen) atoms. The molecular formula is C16H17NO4S. The molecule has 1 N–H and O–H groups in total. The van der Waals surface area contributed by atoms with Crippen LogP contribution in [0.4, 0.5) is 5.69 Å². The number of anilines is 1. The monoisotopic (exact) mass is 319 g/mol. The second kappa shape index (κ2) is 6.72. The Labute approximate surface area is 129 Å². The van der Waals surface area contributed by atoms with Gasteiger partial charge in [-0.3, -0.25) is 9.10 Å². The number of aliphatic hydroxyl groups excluding tert-OH is 1. The molecule has 2 rings (SSSR count). The first-order chi connectivity index (χ1) is 10.5. The number of sulfonamides is 1. The topological polar surface area (TPSA) is 74.7 Å². The smallest absolute Gasteiger partial charge is 0.264 e. The highest BCUT2D eigenvalue weighted by molar-refractivity contribution is 7.92. The minimum Gasteiger partial charge on any atom is -0.394 e. The van der Waals surface area contributed by atoms with Gasteiger partial charge >= 0.3 is 0 Å². The quantitative estimate of drug-likeness (QED) is 0.827. The van der Waals surface area contributed by atoms with Gasteiger partial charge in [-0.15, -0.1) is 0 Å². The number of aliphatic hydroxyl groups is 1. The Hall–Kier alpha value is -2.18. The minimum absolute atomic E-state index is 0.0255. The van der Waals surface area contributed by atoms with E-state index in [-0.39, 0.29) is 23.8 Å². The molecule has 2 aromatic carbocycles. The molecular weight excluding hydrogens is 302 g/mol. The Bertz CT molecular complexity index is 757. The molecule has 0 radical (unpaired) electrons. The third-order valence-corrected chi connectivity index (χ3v) is 5.00. The van der Waals surface area contributed by atoms with Gasteiger partial charge in [0.25, 0.3) is 10.0 Å². The van der Waals surface area contributed by atoms with E-state index < -0.39 is 10.0 Å². The number of carbonyl (C=O) groups excluding carboxylic acids is 1. The van der Waals surface area contributed by atoms with E-state index in [9.17, 15) is 18.3 Å². The number of Topliss-reactive ketones (excluding diaryl/α,β-unsaturated/α-hetero) is 1. The van der Waals surface area contributed by atoms with E-state index in [1.165, 1.54) is 25.1 Å². The van der Waals surface area contributed by atoms with E-state index in [1.807, 2.05) is 0 Å². The first-order valence-corrected chi connectivity index (χ1v) is 8.20. The molecule has 0 amide bonds. The largest absolute Gasteiger partial charge is 0.394 e. The van der Waals surface area contributed by atoms with Crippen molar-refractivity contribution in [3.8, 4) is 0 Å². The molecule has 0 fully saturated rings. The van der Waals surface area contributed by atoms with Crippen molar-refractivity contribution in [1.29, 1.82) is 0 Å². The van der Waals surface area contributed by atoms with Gasteiger partial charge in [0, 0.05) is 5.56 Å². The van der Waals surface area contributed by atoms with Gasteiger partial charge in [-0.1, -0.05) is 30.3 Å². The standard InChI is InChI=1S/C16H17NO4S/c1-13(19)14-6-5-9-16(12-14)22(20,21)17(10-11-18)15-7-3-2-4-8-15/h2-9,12,18H,10-11H2,1H3. The van der Waals surface area contributed by atoms with Crippen LogP contribution in [0.5, 0.6) is 0 Å².